The maximum absolute atomic E-state index is 13.0. The number of methoxy groups -OCH3 is 2. The van der Waals surface area contributed by atoms with Crippen molar-refractivity contribution in [3.05, 3.63) is 95.9 Å². The monoisotopic (exact) mass is 482 g/mol. The lowest BCUT2D eigenvalue weighted by molar-refractivity contribution is -0.120. The van der Waals surface area contributed by atoms with Gasteiger partial charge in [-0.15, -0.1) is 5.10 Å². The van der Waals surface area contributed by atoms with Gasteiger partial charge < -0.3 is 19.8 Å². The van der Waals surface area contributed by atoms with Crippen molar-refractivity contribution in [2.75, 3.05) is 20.8 Å². The Bertz CT molecular complexity index is 1460. The molecule has 0 radical (unpaired) electrons. The standard InChI is InChI=1S/C27H26N6O3/c1-35-25-9-5-7-21(27(25)36-2)23(22-15-28-24-8-4-3-6-20(22)24)16-29-26(34)14-18-10-12-19(13-11-18)33-17-30-31-32-33/h3-13,15,17,23,28H,14,16H2,1-2H3,(H,29,34). The molecule has 1 unspecified atom stereocenters. The first-order chi connectivity index (χ1) is 17.7. The molecule has 0 spiro atoms. The average Bonchev–Trinajstić information content (AvgIpc) is 3.60. The molecule has 1 amide bonds. The number of rotatable bonds is 9. The van der Waals surface area contributed by atoms with E-state index in [9.17, 15) is 4.79 Å². The Labute approximate surface area is 208 Å². The Morgan fingerprint density at radius 2 is 1.83 bits per heavy atom. The van der Waals surface area contributed by atoms with E-state index in [1.54, 1.807) is 18.9 Å². The molecule has 0 aliphatic heterocycles. The number of para-hydroxylation sites is 2. The van der Waals surface area contributed by atoms with Crippen LogP contribution in [-0.4, -0.2) is 51.9 Å². The molecule has 9 nitrogen and oxygen atoms in total. The predicted octanol–water partition coefficient (Wildman–Crippen LogP) is 3.65. The van der Waals surface area contributed by atoms with Crippen molar-refractivity contribution in [1.82, 2.24) is 30.5 Å². The smallest absolute Gasteiger partial charge is 0.224 e. The lowest BCUT2D eigenvalue weighted by Gasteiger charge is -2.22. The van der Waals surface area contributed by atoms with Crippen LogP contribution in [0.3, 0.4) is 0 Å². The minimum atomic E-state index is -0.155. The van der Waals surface area contributed by atoms with Crippen LogP contribution in [0.1, 0.15) is 22.6 Å². The van der Waals surface area contributed by atoms with Crippen LogP contribution in [0.4, 0.5) is 0 Å². The third-order valence-corrected chi connectivity index (χ3v) is 6.22. The summed E-state index contributed by atoms with van der Waals surface area (Å²) >= 11 is 0. The van der Waals surface area contributed by atoms with E-state index in [2.05, 4.69) is 31.9 Å². The fourth-order valence-corrected chi connectivity index (χ4v) is 4.47. The van der Waals surface area contributed by atoms with E-state index in [0.717, 1.165) is 33.3 Å². The Morgan fingerprint density at radius 1 is 1.00 bits per heavy atom. The lowest BCUT2D eigenvalue weighted by atomic mass is 9.89. The van der Waals surface area contributed by atoms with Gasteiger partial charge in [-0.25, -0.2) is 4.68 Å². The molecule has 5 aromatic rings. The summed E-state index contributed by atoms with van der Waals surface area (Å²) in [4.78, 5) is 16.3. The minimum Gasteiger partial charge on any atom is -0.493 e. The number of nitrogens with one attached hydrogen (secondary N) is 2. The van der Waals surface area contributed by atoms with Crippen molar-refractivity contribution in [3.8, 4) is 17.2 Å². The summed E-state index contributed by atoms with van der Waals surface area (Å²) in [7, 11) is 3.25. The van der Waals surface area contributed by atoms with Crippen LogP contribution in [0, 0.1) is 0 Å². The van der Waals surface area contributed by atoms with Crippen LogP contribution >= 0.6 is 0 Å². The molecular weight excluding hydrogens is 456 g/mol. The first-order valence-corrected chi connectivity index (χ1v) is 11.5. The van der Waals surface area contributed by atoms with E-state index in [0.29, 0.717) is 18.0 Å². The molecule has 3 aromatic carbocycles. The van der Waals surface area contributed by atoms with E-state index in [1.165, 1.54) is 6.33 Å². The summed E-state index contributed by atoms with van der Waals surface area (Å²) in [6, 6.07) is 21.5. The van der Waals surface area contributed by atoms with Crippen LogP contribution in [0.5, 0.6) is 11.5 Å². The van der Waals surface area contributed by atoms with Gasteiger partial charge in [-0.05, 0) is 45.8 Å². The highest BCUT2D eigenvalue weighted by Gasteiger charge is 2.24. The van der Waals surface area contributed by atoms with Gasteiger partial charge in [-0.3, -0.25) is 4.79 Å². The van der Waals surface area contributed by atoms with Gasteiger partial charge in [0.1, 0.15) is 6.33 Å². The average molecular weight is 483 g/mol. The summed E-state index contributed by atoms with van der Waals surface area (Å²) in [6.07, 6.45) is 3.78. The Morgan fingerprint density at radius 3 is 2.58 bits per heavy atom. The van der Waals surface area contributed by atoms with Crippen LogP contribution in [0.2, 0.25) is 0 Å². The summed E-state index contributed by atoms with van der Waals surface area (Å²) < 4.78 is 12.8. The lowest BCUT2D eigenvalue weighted by Crippen LogP contribution is -2.30. The highest BCUT2D eigenvalue weighted by Crippen LogP contribution is 2.40. The number of amides is 1. The molecule has 0 aliphatic carbocycles. The van der Waals surface area contributed by atoms with E-state index in [-0.39, 0.29) is 18.2 Å². The summed E-state index contributed by atoms with van der Waals surface area (Å²) in [5.41, 5.74) is 4.77. The van der Waals surface area contributed by atoms with Crippen LogP contribution in [0.15, 0.2) is 79.3 Å². The topological polar surface area (TPSA) is 107 Å². The van der Waals surface area contributed by atoms with E-state index in [1.807, 2.05) is 66.9 Å². The van der Waals surface area contributed by atoms with Gasteiger partial charge in [0.2, 0.25) is 5.91 Å². The summed E-state index contributed by atoms with van der Waals surface area (Å²) in [5, 5.41) is 15.4. The number of benzene rings is 3. The zero-order valence-corrected chi connectivity index (χ0v) is 20.0. The van der Waals surface area contributed by atoms with Gasteiger partial charge in [0.25, 0.3) is 0 Å². The second kappa shape index (κ2) is 10.3. The third-order valence-electron chi connectivity index (χ3n) is 6.22. The molecule has 1 atom stereocenters. The van der Waals surface area contributed by atoms with Crippen molar-refractivity contribution in [2.24, 2.45) is 0 Å². The molecule has 0 fully saturated rings. The number of tetrazole rings is 1. The highest BCUT2D eigenvalue weighted by molar-refractivity contribution is 5.85. The molecular formula is C27H26N6O3. The molecule has 0 bridgehead atoms. The first kappa shape index (κ1) is 23.1. The van der Waals surface area contributed by atoms with Crippen LogP contribution in [-0.2, 0) is 11.2 Å². The number of carbonyl (C=O) groups is 1. The minimum absolute atomic E-state index is 0.0723. The van der Waals surface area contributed by atoms with Crippen LogP contribution in [0.25, 0.3) is 16.6 Å². The maximum atomic E-state index is 13.0. The fraction of sp³-hybridized carbons (Fsp3) is 0.185. The van der Waals surface area contributed by atoms with E-state index in [4.69, 9.17) is 9.47 Å². The maximum Gasteiger partial charge on any atom is 0.224 e. The van der Waals surface area contributed by atoms with E-state index >= 15 is 0 Å². The number of H-pyrrole nitrogens is 1. The second-order valence-corrected chi connectivity index (χ2v) is 8.33. The van der Waals surface area contributed by atoms with Crippen molar-refractivity contribution < 1.29 is 14.3 Å². The van der Waals surface area contributed by atoms with Crippen molar-refractivity contribution in [1.29, 1.82) is 0 Å². The molecule has 9 heteroatoms. The zero-order chi connectivity index (χ0) is 24.9. The molecule has 2 heterocycles. The molecule has 182 valence electrons. The highest BCUT2D eigenvalue weighted by atomic mass is 16.5. The largest absolute Gasteiger partial charge is 0.493 e. The van der Waals surface area contributed by atoms with Crippen molar-refractivity contribution >= 4 is 16.8 Å². The Balaban J connectivity index is 1.39. The molecule has 0 aliphatic rings. The van der Waals surface area contributed by atoms with E-state index < -0.39 is 0 Å². The fourth-order valence-electron chi connectivity index (χ4n) is 4.47. The van der Waals surface area contributed by atoms with Gasteiger partial charge in [0.15, 0.2) is 11.5 Å². The molecule has 0 saturated heterocycles. The Hall–Kier alpha value is -4.66. The Kier molecular flexibility index (Phi) is 6.61. The molecule has 0 saturated carbocycles. The number of ether oxygens (including phenoxy) is 2. The van der Waals surface area contributed by atoms with Crippen LogP contribution < -0.4 is 14.8 Å². The summed E-state index contributed by atoms with van der Waals surface area (Å²) in [5.74, 6) is 1.07. The number of fused-ring (bicyclic) bond motifs is 1. The van der Waals surface area contributed by atoms with Gasteiger partial charge >= 0.3 is 0 Å². The quantitative estimate of drug-likeness (QED) is 0.332. The van der Waals surface area contributed by atoms with Gasteiger partial charge in [-0.1, -0.05) is 42.5 Å². The number of hydrogen-bond acceptors (Lipinski definition) is 6. The van der Waals surface area contributed by atoms with Gasteiger partial charge in [0, 0.05) is 35.1 Å². The number of hydrogen-bond donors (Lipinski definition) is 2. The summed E-state index contributed by atoms with van der Waals surface area (Å²) in [6.45, 7) is 0.396. The van der Waals surface area contributed by atoms with Gasteiger partial charge in [0.05, 0.1) is 26.3 Å². The normalized spacial score (nSPS) is 11.8. The zero-order valence-electron chi connectivity index (χ0n) is 20.0. The number of aromatic nitrogens is 5. The SMILES string of the molecule is COc1cccc(C(CNC(=O)Cc2ccc(-n3cnnn3)cc2)c2c[nH]c3ccccc23)c1OC. The molecule has 2 aromatic heterocycles. The third kappa shape index (κ3) is 4.63. The molecule has 5 rings (SSSR count). The molecule has 36 heavy (non-hydrogen) atoms. The van der Waals surface area contributed by atoms with Crippen molar-refractivity contribution in [3.63, 3.8) is 0 Å². The second-order valence-electron chi connectivity index (χ2n) is 8.33. The number of carbonyl (C=O) groups excluding carboxylic acids is 1. The van der Waals surface area contributed by atoms with Crippen molar-refractivity contribution in [2.45, 2.75) is 12.3 Å². The number of nitrogens with zero attached hydrogens (tertiary/aromatic N) is 4. The molecule has 2 N–H and O–H groups in total. The predicted molar refractivity (Wildman–Crippen MR) is 136 cm³/mol. The first-order valence-electron chi connectivity index (χ1n) is 11.5. The number of aromatic amines is 1. The van der Waals surface area contributed by atoms with Gasteiger partial charge in [-0.2, -0.15) is 0 Å².